The summed E-state index contributed by atoms with van der Waals surface area (Å²) in [6.07, 6.45) is 0. The highest BCUT2D eigenvalue weighted by molar-refractivity contribution is 6.22. The average Bonchev–Trinajstić information content (AvgIpc) is 3.77. The molecule has 0 N–H and O–H groups in total. The van der Waals surface area contributed by atoms with Gasteiger partial charge in [-0.3, -0.25) is 4.57 Å². The number of benzene rings is 8. The molecule has 8 aromatic carbocycles. The minimum absolute atomic E-state index is 0.609. The molecule has 0 fully saturated rings. The smallest absolute Gasteiger partial charge is 0.235 e. The summed E-state index contributed by atoms with van der Waals surface area (Å²) in [7, 11) is 0. The van der Waals surface area contributed by atoms with Gasteiger partial charge in [0.05, 0.1) is 22.2 Å². The monoisotopic (exact) mass is 678 g/mol. The first kappa shape index (κ1) is 29.5. The van der Waals surface area contributed by atoms with E-state index in [1.54, 1.807) is 0 Å². The van der Waals surface area contributed by atoms with Crippen LogP contribution in [0.5, 0.6) is 0 Å². The number of hydrogen-bond donors (Lipinski definition) is 0. The summed E-state index contributed by atoms with van der Waals surface area (Å²) in [5.41, 5.74) is 9.65. The molecule has 0 spiro atoms. The molecule has 0 unspecified atom stereocenters. The molecule has 0 aliphatic heterocycles. The lowest BCUT2D eigenvalue weighted by molar-refractivity contribution is 0.670. The van der Waals surface area contributed by atoms with Gasteiger partial charge >= 0.3 is 0 Å². The molecule has 0 saturated carbocycles. The molecule has 3 aromatic heterocycles. The van der Waals surface area contributed by atoms with Gasteiger partial charge in [0, 0.05) is 49.6 Å². The number of furan rings is 1. The summed E-state index contributed by atoms with van der Waals surface area (Å²) in [4.78, 5) is 13.0. The van der Waals surface area contributed by atoms with Crippen molar-refractivity contribution in [1.29, 1.82) is 0 Å². The zero-order chi connectivity index (χ0) is 34.9. The Kier molecular flexibility index (Phi) is 6.48. The topological polar surface area (TPSA) is 47.1 Å². The van der Waals surface area contributed by atoms with Gasteiger partial charge in [-0.1, -0.05) is 115 Å². The lowest BCUT2D eigenvalue weighted by atomic mass is 10.0. The summed E-state index contributed by atoms with van der Waals surface area (Å²) in [5, 5.41) is 7.79. The number of anilines is 3. The minimum atomic E-state index is 0.609. The molecule has 0 aliphatic carbocycles. The Balaban J connectivity index is 1.21. The molecule has 248 valence electrons. The highest BCUT2D eigenvalue weighted by atomic mass is 16.3. The van der Waals surface area contributed by atoms with Crippen molar-refractivity contribution in [2.75, 3.05) is 4.90 Å². The second kappa shape index (κ2) is 11.7. The van der Waals surface area contributed by atoms with Crippen LogP contribution in [0, 0.1) is 0 Å². The average molecular weight is 679 g/mol. The Bertz CT molecular complexity index is 3140. The van der Waals surface area contributed by atoms with E-state index in [1.807, 2.05) is 24.3 Å². The van der Waals surface area contributed by atoms with Crippen LogP contribution in [-0.4, -0.2) is 14.5 Å². The summed E-state index contributed by atoms with van der Waals surface area (Å²) < 4.78 is 8.77. The Labute approximate surface area is 304 Å². The third kappa shape index (κ3) is 4.57. The molecule has 5 heteroatoms. The maximum Gasteiger partial charge on any atom is 0.235 e. The standard InChI is InChI=1S/C48H30N4O/c1-3-15-32(16-4-1)51(33-17-5-2-6-18-33)34-27-29-42-40(30-34)45-35-19-8-7-14-31(35)26-28-43(45)52(42)48-49-41-24-11-9-21-38(41)46(50-48)39-23-13-22-37-36-20-10-12-25-44(36)53-47(37)39/h1-30H. The Morgan fingerprint density at radius 3 is 1.92 bits per heavy atom. The van der Waals surface area contributed by atoms with Gasteiger partial charge in [0.1, 0.15) is 11.2 Å². The van der Waals surface area contributed by atoms with E-state index >= 15 is 0 Å². The Hall–Kier alpha value is -7.24. The van der Waals surface area contributed by atoms with Gasteiger partial charge in [-0.15, -0.1) is 0 Å². The van der Waals surface area contributed by atoms with Crippen LogP contribution in [0.25, 0.3) is 82.6 Å². The van der Waals surface area contributed by atoms with E-state index < -0.39 is 0 Å². The number of para-hydroxylation sites is 5. The van der Waals surface area contributed by atoms with E-state index in [2.05, 4.69) is 167 Å². The summed E-state index contributed by atoms with van der Waals surface area (Å²) in [6.45, 7) is 0. The number of hydrogen-bond acceptors (Lipinski definition) is 4. The number of rotatable bonds is 5. The first-order valence-corrected chi connectivity index (χ1v) is 17.8. The number of aromatic nitrogens is 3. The third-order valence-electron chi connectivity index (χ3n) is 10.4. The van der Waals surface area contributed by atoms with Crippen molar-refractivity contribution in [3.8, 4) is 17.2 Å². The largest absolute Gasteiger partial charge is 0.455 e. The van der Waals surface area contributed by atoms with Crippen molar-refractivity contribution in [3.63, 3.8) is 0 Å². The Morgan fingerprint density at radius 2 is 1.11 bits per heavy atom. The molecule has 11 aromatic rings. The van der Waals surface area contributed by atoms with Crippen LogP contribution in [0.15, 0.2) is 186 Å². The molecule has 0 radical (unpaired) electrons. The molecule has 0 aliphatic rings. The van der Waals surface area contributed by atoms with E-state index in [4.69, 9.17) is 14.4 Å². The van der Waals surface area contributed by atoms with Crippen LogP contribution in [0.3, 0.4) is 0 Å². The normalized spacial score (nSPS) is 11.8. The van der Waals surface area contributed by atoms with Crippen LogP contribution < -0.4 is 4.90 Å². The van der Waals surface area contributed by atoms with E-state index in [-0.39, 0.29) is 0 Å². The second-order valence-electron chi connectivity index (χ2n) is 13.4. The molecule has 53 heavy (non-hydrogen) atoms. The van der Waals surface area contributed by atoms with Gasteiger partial charge in [-0.25, -0.2) is 9.97 Å². The molecule has 3 heterocycles. The quantitative estimate of drug-likeness (QED) is 0.182. The van der Waals surface area contributed by atoms with Crippen LogP contribution >= 0.6 is 0 Å². The van der Waals surface area contributed by atoms with Crippen LogP contribution in [0.4, 0.5) is 17.1 Å². The van der Waals surface area contributed by atoms with Crippen molar-refractivity contribution in [3.05, 3.63) is 182 Å². The van der Waals surface area contributed by atoms with E-state index in [0.29, 0.717) is 5.95 Å². The molecular weight excluding hydrogens is 649 g/mol. The fourth-order valence-corrected chi connectivity index (χ4v) is 8.04. The van der Waals surface area contributed by atoms with Crippen molar-refractivity contribution in [2.45, 2.75) is 0 Å². The van der Waals surface area contributed by atoms with Crippen LogP contribution in [0.1, 0.15) is 0 Å². The van der Waals surface area contributed by atoms with Crippen LogP contribution in [-0.2, 0) is 0 Å². The summed E-state index contributed by atoms with van der Waals surface area (Å²) >= 11 is 0. The fraction of sp³-hybridized carbons (Fsp3) is 0. The highest BCUT2D eigenvalue weighted by Gasteiger charge is 2.22. The van der Waals surface area contributed by atoms with Crippen molar-refractivity contribution in [2.24, 2.45) is 0 Å². The lowest BCUT2D eigenvalue weighted by Crippen LogP contribution is -2.09. The predicted octanol–water partition coefficient (Wildman–Crippen LogP) is 12.9. The first-order valence-electron chi connectivity index (χ1n) is 17.8. The van der Waals surface area contributed by atoms with Gasteiger partial charge in [-0.05, 0) is 77.5 Å². The van der Waals surface area contributed by atoms with E-state index in [9.17, 15) is 0 Å². The van der Waals surface area contributed by atoms with Crippen LogP contribution in [0.2, 0.25) is 0 Å². The molecule has 0 amide bonds. The predicted molar refractivity (Wildman–Crippen MR) is 219 cm³/mol. The molecular formula is C48H30N4O. The van der Waals surface area contributed by atoms with Gasteiger partial charge in [0.2, 0.25) is 5.95 Å². The van der Waals surface area contributed by atoms with Crippen molar-refractivity contribution >= 4 is 82.5 Å². The number of nitrogens with zero attached hydrogens (tertiary/aromatic N) is 4. The summed E-state index contributed by atoms with van der Waals surface area (Å²) in [5.74, 6) is 0.609. The molecule has 0 atom stereocenters. The fourth-order valence-electron chi connectivity index (χ4n) is 8.04. The lowest BCUT2D eigenvalue weighted by Gasteiger charge is -2.25. The molecule has 11 rings (SSSR count). The minimum Gasteiger partial charge on any atom is -0.455 e. The number of fused-ring (bicyclic) bond motifs is 9. The Morgan fingerprint density at radius 1 is 0.453 bits per heavy atom. The SMILES string of the molecule is c1ccc(N(c2ccccc2)c2ccc3c(c2)c2c4ccccc4ccc2n3-c2nc(-c3cccc4c3oc3ccccc34)c3ccccc3n2)cc1. The molecule has 0 saturated heterocycles. The van der Waals surface area contributed by atoms with E-state index in [1.165, 1.54) is 16.2 Å². The van der Waals surface area contributed by atoms with Crippen molar-refractivity contribution in [1.82, 2.24) is 14.5 Å². The summed E-state index contributed by atoms with van der Waals surface area (Å²) in [6, 6.07) is 63.6. The van der Waals surface area contributed by atoms with Gasteiger partial charge in [0.15, 0.2) is 0 Å². The van der Waals surface area contributed by atoms with E-state index in [0.717, 1.165) is 77.6 Å². The van der Waals surface area contributed by atoms with Gasteiger partial charge < -0.3 is 9.32 Å². The second-order valence-corrected chi connectivity index (χ2v) is 13.4. The zero-order valence-corrected chi connectivity index (χ0v) is 28.5. The maximum absolute atomic E-state index is 6.54. The van der Waals surface area contributed by atoms with Gasteiger partial charge in [-0.2, -0.15) is 0 Å². The first-order chi connectivity index (χ1) is 26.3. The third-order valence-corrected chi connectivity index (χ3v) is 10.4. The molecule has 5 nitrogen and oxygen atoms in total. The maximum atomic E-state index is 6.54. The zero-order valence-electron chi connectivity index (χ0n) is 28.5. The highest BCUT2D eigenvalue weighted by Crippen LogP contribution is 2.43. The van der Waals surface area contributed by atoms with Crippen molar-refractivity contribution < 1.29 is 4.42 Å². The molecule has 0 bridgehead atoms. The van der Waals surface area contributed by atoms with Gasteiger partial charge in [0.25, 0.3) is 0 Å².